The topological polar surface area (TPSA) is 40.6 Å². The van der Waals surface area contributed by atoms with E-state index in [-0.39, 0.29) is 5.56 Å². The molecule has 27 heavy (non-hydrogen) atoms. The number of benzene rings is 2. The van der Waals surface area contributed by atoms with Crippen LogP contribution in [0.5, 0.6) is 0 Å². The molecule has 3 rings (SSSR count). The SMILES string of the molecule is O=S(=O)(Cc1cccc(C(F)(F)F)c1)N1CCN(Cc2ccccc2)CC1. The first-order valence-corrected chi connectivity index (χ1v) is 10.3. The summed E-state index contributed by atoms with van der Waals surface area (Å²) in [7, 11) is -3.66. The molecule has 0 aromatic heterocycles. The lowest BCUT2D eigenvalue weighted by atomic mass is 10.1. The second kappa shape index (κ2) is 8.00. The highest BCUT2D eigenvalue weighted by molar-refractivity contribution is 7.88. The number of alkyl halides is 3. The van der Waals surface area contributed by atoms with Crippen LogP contribution in [-0.2, 0) is 28.5 Å². The molecule has 1 heterocycles. The first-order valence-electron chi connectivity index (χ1n) is 8.64. The summed E-state index contributed by atoms with van der Waals surface area (Å²) in [6, 6.07) is 14.4. The zero-order valence-corrected chi connectivity index (χ0v) is 15.5. The fourth-order valence-corrected chi connectivity index (χ4v) is 4.65. The van der Waals surface area contributed by atoms with E-state index in [0.29, 0.717) is 26.2 Å². The highest BCUT2D eigenvalue weighted by atomic mass is 32.2. The van der Waals surface area contributed by atoms with E-state index in [1.807, 2.05) is 30.3 Å². The predicted octanol–water partition coefficient (Wildman–Crippen LogP) is 3.35. The molecule has 4 nitrogen and oxygen atoms in total. The first-order chi connectivity index (χ1) is 12.7. The van der Waals surface area contributed by atoms with Crippen LogP contribution in [0.2, 0.25) is 0 Å². The molecular formula is C19H21F3N2O2S. The first kappa shape index (κ1) is 19.9. The highest BCUT2D eigenvalue weighted by Crippen LogP contribution is 2.30. The molecule has 1 aliphatic rings. The molecule has 0 N–H and O–H groups in total. The minimum atomic E-state index is -4.48. The number of nitrogens with zero attached hydrogens (tertiary/aromatic N) is 2. The maximum absolute atomic E-state index is 12.8. The van der Waals surface area contributed by atoms with Gasteiger partial charge in [-0.2, -0.15) is 17.5 Å². The number of hydrogen-bond acceptors (Lipinski definition) is 3. The van der Waals surface area contributed by atoms with Gasteiger partial charge in [-0.15, -0.1) is 0 Å². The van der Waals surface area contributed by atoms with Crippen molar-refractivity contribution in [2.24, 2.45) is 0 Å². The molecule has 2 aromatic rings. The molecule has 146 valence electrons. The zero-order valence-electron chi connectivity index (χ0n) is 14.7. The second-order valence-corrected chi connectivity index (χ2v) is 8.58. The van der Waals surface area contributed by atoms with Gasteiger partial charge < -0.3 is 0 Å². The number of hydrogen-bond donors (Lipinski definition) is 0. The van der Waals surface area contributed by atoms with Gasteiger partial charge in [0.15, 0.2) is 0 Å². The summed E-state index contributed by atoms with van der Waals surface area (Å²) in [5.74, 6) is -0.421. The molecule has 2 aromatic carbocycles. The van der Waals surface area contributed by atoms with Gasteiger partial charge in [0.25, 0.3) is 0 Å². The van der Waals surface area contributed by atoms with Crippen molar-refractivity contribution in [1.82, 2.24) is 9.21 Å². The molecule has 0 radical (unpaired) electrons. The monoisotopic (exact) mass is 398 g/mol. The maximum atomic E-state index is 12.8. The van der Waals surface area contributed by atoms with Crippen LogP contribution in [0, 0.1) is 0 Å². The van der Waals surface area contributed by atoms with Crippen molar-refractivity contribution >= 4 is 10.0 Å². The third-order valence-electron chi connectivity index (χ3n) is 4.58. The van der Waals surface area contributed by atoms with Gasteiger partial charge >= 0.3 is 6.18 Å². The quantitative estimate of drug-likeness (QED) is 0.776. The van der Waals surface area contributed by atoms with Gasteiger partial charge in [-0.25, -0.2) is 8.42 Å². The number of rotatable bonds is 5. The fourth-order valence-electron chi connectivity index (χ4n) is 3.15. The van der Waals surface area contributed by atoms with Crippen molar-refractivity contribution in [3.05, 3.63) is 71.3 Å². The molecule has 0 aliphatic carbocycles. The van der Waals surface area contributed by atoms with Crippen molar-refractivity contribution in [3.8, 4) is 0 Å². The molecule has 0 spiro atoms. The van der Waals surface area contributed by atoms with E-state index in [4.69, 9.17) is 0 Å². The Morgan fingerprint density at radius 3 is 2.11 bits per heavy atom. The molecule has 1 aliphatic heterocycles. The molecule has 1 fully saturated rings. The molecule has 0 atom stereocenters. The highest BCUT2D eigenvalue weighted by Gasteiger charge is 2.32. The largest absolute Gasteiger partial charge is 0.416 e. The van der Waals surface area contributed by atoms with Gasteiger partial charge in [0, 0.05) is 32.7 Å². The van der Waals surface area contributed by atoms with Crippen LogP contribution in [0.15, 0.2) is 54.6 Å². The second-order valence-electron chi connectivity index (χ2n) is 6.62. The summed E-state index contributed by atoms with van der Waals surface area (Å²) in [5, 5.41) is 0. The minimum Gasteiger partial charge on any atom is -0.296 e. The third-order valence-corrected chi connectivity index (χ3v) is 6.43. The molecule has 0 bridgehead atoms. The van der Waals surface area contributed by atoms with Crippen LogP contribution in [0.1, 0.15) is 16.7 Å². The van der Waals surface area contributed by atoms with E-state index in [1.165, 1.54) is 16.4 Å². The smallest absolute Gasteiger partial charge is 0.296 e. The standard InChI is InChI=1S/C19H21F3N2O2S/c20-19(21,22)18-8-4-7-17(13-18)15-27(25,26)24-11-9-23(10-12-24)14-16-5-2-1-3-6-16/h1-8,13H,9-12,14-15H2. The van der Waals surface area contributed by atoms with Gasteiger partial charge in [-0.05, 0) is 17.2 Å². The molecule has 0 amide bonds. The molecule has 8 heteroatoms. The Kier molecular flexibility index (Phi) is 5.88. The number of piperazine rings is 1. The summed E-state index contributed by atoms with van der Waals surface area (Å²) in [6.07, 6.45) is -4.48. The van der Waals surface area contributed by atoms with E-state index >= 15 is 0 Å². The Labute approximate surface area is 157 Å². The third kappa shape index (κ3) is 5.31. The number of halogens is 3. The van der Waals surface area contributed by atoms with Crippen molar-refractivity contribution in [3.63, 3.8) is 0 Å². The average Bonchev–Trinajstić information content (AvgIpc) is 2.62. The Bertz CT molecular complexity index is 862. The summed E-state index contributed by atoms with van der Waals surface area (Å²) >= 11 is 0. The van der Waals surface area contributed by atoms with Gasteiger partial charge in [-0.3, -0.25) is 4.90 Å². The van der Waals surface area contributed by atoms with Crippen LogP contribution in [0.4, 0.5) is 13.2 Å². The van der Waals surface area contributed by atoms with Crippen molar-refractivity contribution < 1.29 is 21.6 Å². The Morgan fingerprint density at radius 2 is 1.48 bits per heavy atom. The Hall–Kier alpha value is -1.90. The van der Waals surface area contributed by atoms with E-state index < -0.39 is 27.5 Å². The number of sulfonamides is 1. The van der Waals surface area contributed by atoms with Gasteiger partial charge in [0.05, 0.1) is 11.3 Å². The predicted molar refractivity (Wildman–Crippen MR) is 97.4 cm³/mol. The van der Waals surface area contributed by atoms with Crippen LogP contribution in [0.3, 0.4) is 0 Å². The van der Waals surface area contributed by atoms with E-state index in [0.717, 1.165) is 24.2 Å². The fraction of sp³-hybridized carbons (Fsp3) is 0.368. The minimum absolute atomic E-state index is 0.150. The normalized spacial score (nSPS) is 17.1. The Morgan fingerprint density at radius 1 is 0.852 bits per heavy atom. The van der Waals surface area contributed by atoms with Crippen molar-refractivity contribution in [1.29, 1.82) is 0 Å². The molecular weight excluding hydrogens is 377 g/mol. The summed E-state index contributed by atoms with van der Waals surface area (Å²) < 4.78 is 65.0. The van der Waals surface area contributed by atoms with E-state index in [2.05, 4.69) is 4.90 Å². The lowest BCUT2D eigenvalue weighted by molar-refractivity contribution is -0.137. The van der Waals surface area contributed by atoms with Gasteiger partial charge in [0.1, 0.15) is 0 Å². The van der Waals surface area contributed by atoms with Crippen LogP contribution in [-0.4, -0.2) is 43.8 Å². The lowest BCUT2D eigenvalue weighted by Crippen LogP contribution is -2.48. The zero-order chi connectivity index (χ0) is 19.5. The van der Waals surface area contributed by atoms with Crippen molar-refractivity contribution in [2.75, 3.05) is 26.2 Å². The summed E-state index contributed by atoms with van der Waals surface area (Å²) in [6.45, 7) is 2.62. The van der Waals surface area contributed by atoms with Crippen molar-refractivity contribution in [2.45, 2.75) is 18.5 Å². The van der Waals surface area contributed by atoms with Gasteiger partial charge in [-0.1, -0.05) is 48.5 Å². The molecule has 0 saturated carbocycles. The summed E-state index contributed by atoms with van der Waals surface area (Å²) in [5.41, 5.74) is 0.484. The molecule has 0 unspecified atom stereocenters. The van der Waals surface area contributed by atoms with Crippen LogP contribution >= 0.6 is 0 Å². The molecule has 1 saturated heterocycles. The van der Waals surface area contributed by atoms with Crippen LogP contribution < -0.4 is 0 Å². The Balaban J connectivity index is 1.60. The maximum Gasteiger partial charge on any atom is 0.416 e. The van der Waals surface area contributed by atoms with E-state index in [1.54, 1.807) is 0 Å². The van der Waals surface area contributed by atoms with E-state index in [9.17, 15) is 21.6 Å². The van der Waals surface area contributed by atoms with Crippen LogP contribution in [0.25, 0.3) is 0 Å². The average molecular weight is 398 g/mol. The van der Waals surface area contributed by atoms with Gasteiger partial charge in [0.2, 0.25) is 10.0 Å². The lowest BCUT2D eigenvalue weighted by Gasteiger charge is -2.34. The summed E-state index contributed by atoms with van der Waals surface area (Å²) in [4.78, 5) is 2.17.